The van der Waals surface area contributed by atoms with Crippen molar-refractivity contribution in [3.05, 3.63) is 59.8 Å². The van der Waals surface area contributed by atoms with Crippen LogP contribution in [0.2, 0.25) is 0 Å². The van der Waals surface area contributed by atoms with E-state index in [0.717, 1.165) is 0 Å². The number of pyridine rings is 1. The number of aromatic nitrogens is 3. The van der Waals surface area contributed by atoms with Crippen molar-refractivity contribution < 1.29 is 9.13 Å². The molecule has 0 amide bonds. The molecular weight excluding hydrogens is 297 g/mol. The zero-order chi connectivity index (χ0) is 16.4. The second-order valence-electron chi connectivity index (χ2n) is 4.82. The molecule has 7 heteroatoms. The second-order valence-corrected chi connectivity index (χ2v) is 4.82. The van der Waals surface area contributed by atoms with Crippen LogP contribution in [-0.4, -0.2) is 14.8 Å². The van der Waals surface area contributed by atoms with E-state index in [9.17, 15) is 4.39 Å². The molecule has 0 saturated heterocycles. The molecular formula is C16H12FN5O. The van der Waals surface area contributed by atoms with Crippen LogP contribution in [0.1, 0.15) is 11.3 Å². The normalized spacial score (nSPS) is 10.3. The molecule has 0 spiro atoms. The van der Waals surface area contributed by atoms with Crippen molar-refractivity contribution >= 4 is 5.69 Å². The summed E-state index contributed by atoms with van der Waals surface area (Å²) in [4.78, 5) is 4.15. The highest BCUT2D eigenvalue weighted by Gasteiger charge is 2.08. The Morgan fingerprint density at radius 2 is 2.13 bits per heavy atom. The molecule has 3 aromatic rings. The first-order chi connectivity index (χ1) is 11.1. The van der Waals surface area contributed by atoms with Gasteiger partial charge in [-0.05, 0) is 25.1 Å². The fraction of sp³-hybridized carbons (Fsp3) is 0.0625. The van der Waals surface area contributed by atoms with Crippen LogP contribution in [0.5, 0.6) is 11.6 Å². The summed E-state index contributed by atoms with van der Waals surface area (Å²) in [5.74, 6) is 0.0262. The molecule has 0 aliphatic heterocycles. The first kappa shape index (κ1) is 14.5. The van der Waals surface area contributed by atoms with Gasteiger partial charge in [0.05, 0.1) is 28.8 Å². The number of hydrogen-bond donors (Lipinski definition) is 1. The molecule has 0 saturated carbocycles. The van der Waals surface area contributed by atoms with Gasteiger partial charge in [0, 0.05) is 18.3 Å². The fourth-order valence-electron chi connectivity index (χ4n) is 1.96. The predicted octanol–water partition coefficient (Wildman–Crippen LogP) is 2.96. The number of aryl methyl sites for hydroxylation is 1. The van der Waals surface area contributed by atoms with E-state index >= 15 is 0 Å². The summed E-state index contributed by atoms with van der Waals surface area (Å²) in [6, 6.07) is 9.55. The number of nitrogens with zero attached hydrogens (tertiary/aromatic N) is 4. The van der Waals surface area contributed by atoms with Crippen LogP contribution in [0.3, 0.4) is 0 Å². The van der Waals surface area contributed by atoms with Crippen LogP contribution in [0.25, 0.3) is 5.69 Å². The largest absolute Gasteiger partial charge is 0.437 e. The van der Waals surface area contributed by atoms with E-state index in [4.69, 9.17) is 15.7 Å². The highest BCUT2D eigenvalue weighted by atomic mass is 19.1. The Morgan fingerprint density at radius 1 is 1.30 bits per heavy atom. The summed E-state index contributed by atoms with van der Waals surface area (Å²) >= 11 is 0. The van der Waals surface area contributed by atoms with Crippen LogP contribution in [0, 0.1) is 24.1 Å². The van der Waals surface area contributed by atoms with E-state index in [-0.39, 0.29) is 11.6 Å². The third-order valence-corrected chi connectivity index (χ3v) is 3.22. The van der Waals surface area contributed by atoms with Gasteiger partial charge in [0.15, 0.2) is 0 Å². The first-order valence-corrected chi connectivity index (χ1v) is 6.72. The number of hydrogen-bond acceptors (Lipinski definition) is 5. The Hall–Kier alpha value is -3.40. The van der Waals surface area contributed by atoms with E-state index in [1.54, 1.807) is 37.5 Å². The van der Waals surface area contributed by atoms with Crippen molar-refractivity contribution in [3.63, 3.8) is 0 Å². The molecule has 114 valence electrons. The number of ether oxygens (including phenoxy) is 1. The average molecular weight is 309 g/mol. The van der Waals surface area contributed by atoms with E-state index < -0.39 is 5.82 Å². The van der Waals surface area contributed by atoms with Gasteiger partial charge in [0.2, 0.25) is 5.88 Å². The van der Waals surface area contributed by atoms with Gasteiger partial charge in [0.25, 0.3) is 0 Å². The smallest absolute Gasteiger partial charge is 0.238 e. The SMILES string of the molecule is Cc1ncc(-n2ccc(Oc3ccc(N)c(F)c3)n2)cc1C#N. The fourth-order valence-corrected chi connectivity index (χ4v) is 1.96. The molecule has 2 aromatic heterocycles. The Kier molecular flexibility index (Phi) is 3.65. The van der Waals surface area contributed by atoms with Crippen molar-refractivity contribution in [2.75, 3.05) is 5.73 Å². The lowest BCUT2D eigenvalue weighted by atomic mass is 10.2. The summed E-state index contributed by atoms with van der Waals surface area (Å²) in [5, 5.41) is 13.3. The zero-order valence-corrected chi connectivity index (χ0v) is 12.2. The topological polar surface area (TPSA) is 89.8 Å². The van der Waals surface area contributed by atoms with Crippen molar-refractivity contribution in [3.8, 4) is 23.4 Å². The van der Waals surface area contributed by atoms with Crippen molar-refractivity contribution in [1.29, 1.82) is 5.26 Å². The van der Waals surface area contributed by atoms with E-state index in [2.05, 4.69) is 16.2 Å². The molecule has 0 atom stereocenters. The van der Waals surface area contributed by atoms with Gasteiger partial charge in [-0.3, -0.25) is 4.98 Å². The quantitative estimate of drug-likeness (QED) is 0.751. The standard InChI is InChI=1S/C16H12FN5O/c1-10-11(8-18)6-12(9-20-10)22-5-4-16(21-22)23-13-2-3-15(19)14(17)7-13/h2-7,9H,19H2,1H3. The van der Waals surface area contributed by atoms with Crippen LogP contribution in [0.4, 0.5) is 10.1 Å². The monoisotopic (exact) mass is 309 g/mol. The summed E-state index contributed by atoms with van der Waals surface area (Å²) < 4.78 is 20.4. The number of benzene rings is 1. The number of nitrogen functional groups attached to an aromatic ring is 1. The van der Waals surface area contributed by atoms with Gasteiger partial charge in [-0.15, -0.1) is 5.10 Å². The maximum atomic E-state index is 13.4. The number of rotatable bonds is 3. The summed E-state index contributed by atoms with van der Waals surface area (Å²) in [6.07, 6.45) is 3.27. The van der Waals surface area contributed by atoms with Gasteiger partial charge in [-0.1, -0.05) is 0 Å². The summed E-state index contributed by atoms with van der Waals surface area (Å²) in [7, 11) is 0. The number of anilines is 1. The van der Waals surface area contributed by atoms with Crippen LogP contribution >= 0.6 is 0 Å². The first-order valence-electron chi connectivity index (χ1n) is 6.72. The van der Waals surface area contributed by atoms with Gasteiger partial charge >= 0.3 is 0 Å². The van der Waals surface area contributed by atoms with Crippen molar-refractivity contribution in [2.24, 2.45) is 0 Å². The molecule has 2 heterocycles. The van der Waals surface area contributed by atoms with Crippen molar-refractivity contribution in [2.45, 2.75) is 6.92 Å². The molecule has 0 unspecified atom stereocenters. The average Bonchev–Trinajstić information content (AvgIpc) is 3.00. The maximum Gasteiger partial charge on any atom is 0.238 e. The lowest BCUT2D eigenvalue weighted by molar-refractivity contribution is 0.453. The molecule has 0 aliphatic carbocycles. The minimum absolute atomic E-state index is 0.0534. The maximum absolute atomic E-state index is 13.4. The summed E-state index contributed by atoms with van der Waals surface area (Å²) in [5.41, 5.74) is 7.23. The van der Waals surface area contributed by atoms with E-state index in [1.165, 1.54) is 16.8 Å². The van der Waals surface area contributed by atoms with Crippen LogP contribution in [0.15, 0.2) is 42.7 Å². The van der Waals surface area contributed by atoms with Gasteiger partial charge in [-0.2, -0.15) is 5.26 Å². The Labute approximate surface area is 131 Å². The van der Waals surface area contributed by atoms with Gasteiger partial charge in [-0.25, -0.2) is 9.07 Å². The molecule has 2 N–H and O–H groups in total. The molecule has 0 radical (unpaired) electrons. The minimum atomic E-state index is -0.552. The Balaban J connectivity index is 1.86. The molecule has 23 heavy (non-hydrogen) atoms. The predicted molar refractivity (Wildman–Crippen MR) is 81.7 cm³/mol. The van der Waals surface area contributed by atoms with E-state index in [1.807, 2.05) is 0 Å². The molecule has 0 aliphatic rings. The molecule has 1 aromatic carbocycles. The molecule has 0 fully saturated rings. The third-order valence-electron chi connectivity index (χ3n) is 3.22. The third kappa shape index (κ3) is 2.96. The molecule has 3 rings (SSSR count). The molecule has 0 bridgehead atoms. The Morgan fingerprint density at radius 3 is 2.87 bits per heavy atom. The summed E-state index contributed by atoms with van der Waals surface area (Å²) in [6.45, 7) is 1.76. The van der Waals surface area contributed by atoms with Crippen LogP contribution < -0.4 is 10.5 Å². The minimum Gasteiger partial charge on any atom is -0.437 e. The number of nitriles is 1. The number of halogens is 1. The highest BCUT2D eigenvalue weighted by Crippen LogP contribution is 2.23. The van der Waals surface area contributed by atoms with Crippen molar-refractivity contribution in [1.82, 2.24) is 14.8 Å². The Bertz CT molecular complexity index is 913. The molecule has 6 nitrogen and oxygen atoms in total. The highest BCUT2D eigenvalue weighted by molar-refractivity contribution is 5.45. The lowest BCUT2D eigenvalue weighted by Crippen LogP contribution is -1.99. The van der Waals surface area contributed by atoms with Crippen LogP contribution in [-0.2, 0) is 0 Å². The number of nitrogens with two attached hydrogens (primary N) is 1. The van der Waals surface area contributed by atoms with Gasteiger partial charge < -0.3 is 10.5 Å². The van der Waals surface area contributed by atoms with E-state index in [0.29, 0.717) is 22.7 Å². The lowest BCUT2D eigenvalue weighted by Gasteiger charge is -2.04. The second kappa shape index (κ2) is 5.77. The zero-order valence-electron chi connectivity index (χ0n) is 12.2. The van der Waals surface area contributed by atoms with Gasteiger partial charge in [0.1, 0.15) is 17.6 Å².